The summed E-state index contributed by atoms with van der Waals surface area (Å²) in [6.45, 7) is 8.56. The molecule has 1 fully saturated rings. The first kappa shape index (κ1) is 16.1. The van der Waals surface area contributed by atoms with Gasteiger partial charge < -0.3 is 5.11 Å². The molecule has 1 aliphatic heterocycles. The second-order valence-electron chi connectivity index (χ2n) is 6.87. The first-order valence-corrected chi connectivity index (χ1v) is 8.30. The molecule has 2 aromatic rings. The molecule has 0 spiro atoms. The molecule has 0 saturated carbocycles. The smallest absolute Gasteiger partial charge is 0.131 e. The number of aromatic nitrogens is 2. The van der Waals surface area contributed by atoms with Crippen molar-refractivity contribution in [1.82, 2.24) is 14.9 Å². The molecule has 3 rings (SSSR count). The normalized spacial score (nSPS) is 22.0. The van der Waals surface area contributed by atoms with E-state index in [0.29, 0.717) is 12.5 Å². The lowest BCUT2D eigenvalue weighted by atomic mass is 9.89. The predicted molar refractivity (Wildman–Crippen MR) is 91.1 cm³/mol. The van der Waals surface area contributed by atoms with Gasteiger partial charge in [0.25, 0.3) is 0 Å². The molecule has 1 aromatic heterocycles. The average Bonchev–Trinajstić information content (AvgIpc) is 2.90. The summed E-state index contributed by atoms with van der Waals surface area (Å²) in [5, 5.41) is 11.1. The minimum atomic E-state index is -0.751. The summed E-state index contributed by atoms with van der Waals surface area (Å²) >= 11 is 0. The molecule has 1 aliphatic rings. The quantitative estimate of drug-likeness (QED) is 0.943. The first-order valence-electron chi connectivity index (χ1n) is 8.30. The van der Waals surface area contributed by atoms with Gasteiger partial charge >= 0.3 is 0 Å². The zero-order chi connectivity index (χ0) is 16.4. The van der Waals surface area contributed by atoms with E-state index >= 15 is 0 Å². The number of nitrogens with zero attached hydrogens (tertiary/aromatic N) is 3. The first-order chi connectivity index (χ1) is 11.0. The van der Waals surface area contributed by atoms with Crippen molar-refractivity contribution in [2.45, 2.75) is 45.3 Å². The number of rotatable bonds is 4. The van der Waals surface area contributed by atoms with E-state index in [1.54, 1.807) is 0 Å². The van der Waals surface area contributed by atoms with Gasteiger partial charge in [0.2, 0.25) is 0 Å². The average molecular weight is 311 g/mol. The van der Waals surface area contributed by atoms with Crippen LogP contribution in [0.25, 0.3) is 0 Å². The third-order valence-corrected chi connectivity index (χ3v) is 4.61. The number of hydrogen-bond donors (Lipinski definition) is 1. The molecule has 0 bridgehead atoms. The third kappa shape index (κ3) is 3.43. The fraction of sp³-hybridized carbons (Fsp3) is 0.474. The van der Waals surface area contributed by atoms with E-state index in [0.717, 1.165) is 42.2 Å². The van der Waals surface area contributed by atoms with Gasteiger partial charge in [-0.3, -0.25) is 4.90 Å². The van der Waals surface area contributed by atoms with E-state index in [9.17, 15) is 5.11 Å². The molecule has 1 aromatic carbocycles. The summed E-state index contributed by atoms with van der Waals surface area (Å²) in [4.78, 5) is 11.2. The van der Waals surface area contributed by atoms with Crippen LogP contribution in [0.4, 0.5) is 0 Å². The van der Waals surface area contributed by atoms with Crippen molar-refractivity contribution in [2.75, 3.05) is 13.1 Å². The molecular formula is C19H25N3O. The van der Waals surface area contributed by atoms with E-state index in [1.807, 2.05) is 30.5 Å². The zero-order valence-electron chi connectivity index (χ0n) is 14.2. The maximum Gasteiger partial charge on any atom is 0.131 e. The fourth-order valence-electron chi connectivity index (χ4n) is 3.33. The van der Waals surface area contributed by atoms with Crippen LogP contribution in [0.3, 0.4) is 0 Å². The summed E-state index contributed by atoms with van der Waals surface area (Å²) in [6.07, 6.45) is 2.60. The van der Waals surface area contributed by atoms with Gasteiger partial charge in [0, 0.05) is 31.7 Å². The number of β-amino-alcohol motifs (C(OH)–C–C–N with tert-alkyl or cyclic N) is 1. The third-order valence-electron chi connectivity index (χ3n) is 4.61. The molecule has 0 amide bonds. The molecule has 2 heterocycles. The van der Waals surface area contributed by atoms with Crippen LogP contribution in [-0.2, 0) is 12.1 Å². The van der Waals surface area contributed by atoms with Crippen LogP contribution in [0.1, 0.15) is 48.8 Å². The highest BCUT2D eigenvalue weighted by Crippen LogP contribution is 2.34. The van der Waals surface area contributed by atoms with Crippen LogP contribution < -0.4 is 0 Å². The van der Waals surface area contributed by atoms with E-state index in [4.69, 9.17) is 0 Å². The molecule has 0 radical (unpaired) electrons. The monoisotopic (exact) mass is 311 g/mol. The summed E-state index contributed by atoms with van der Waals surface area (Å²) < 4.78 is 0. The minimum absolute atomic E-state index is 0.331. The number of aryl methyl sites for hydroxylation is 1. The van der Waals surface area contributed by atoms with Gasteiger partial charge in [0.15, 0.2) is 0 Å². The Bertz CT molecular complexity index is 686. The maximum absolute atomic E-state index is 11.1. The Morgan fingerprint density at radius 1 is 1.26 bits per heavy atom. The minimum Gasteiger partial charge on any atom is -0.384 e. The highest BCUT2D eigenvalue weighted by atomic mass is 16.3. The topological polar surface area (TPSA) is 49.2 Å². The maximum atomic E-state index is 11.1. The Morgan fingerprint density at radius 2 is 2.04 bits per heavy atom. The lowest BCUT2D eigenvalue weighted by Crippen LogP contribution is -2.31. The van der Waals surface area contributed by atoms with Crippen LogP contribution in [0.2, 0.25) is 0 Å². The molecule has 23 heavy (non-hydrogen) atoms. The van der Waals surface area contributed by atoms with Gasteiger partial charge in [-0.15, -0.1) is 0 Å². The van der Waals surface area contributed by atoms with Crippen LogP contribution in [-0.4, -0.2) is 33.1 Å². The fourth-order valence-corrected chi connectivity index (χ4v) is 3.33. The SMILES string of the molecule is Cc1ccccc1C1(O)CCN(Cc2ccnc(C(C)C)n2)C1. The molecule has 1 N–H and O–H groups in total. The second kappa shape index (κ2) is 6.38. The van der Waals surface area contributed by atoms with Crippen molar-refractivity contribution in [3.63, 3.8) is 0 Å². The lowest BCUT2D eigenvalue weighted by molar-refractivity contribution is 0.0445. The van der Waals surface area contributed by atoms with Crippen molar-refractivity contribution in [3.8, 4) is 0 Å². The van der Waals surface area contributed by atoms with Crippen LogP contribution >= 0.6 is 0 Å². The highest BCUT2D eigenvalue weighted by Gasteiger charge is 2.38. The second-order valence-corrected chi connectivity index (χ2v) is 6.87. The molecule has 4 nitrogen and oxygen atoms in total. The highest BCUT2D eigenvalue weighted by molar-refractivity contribution is 5.32. The molecule has 1 saturated heterocycles. The summed E-state index contributed by atoms with van der Waals surface area (Å²) in [5.41, 5.74) is 2.48. The number of hydrogen-bond acceptors (Lipinski definition) is 4. The standard InChI is InChI=1S/C19H25N3O/c1-14(2)18-20-10-8-16(21-18)12-22-11-9-19(23,13-22)17-7-5-4-6-15(17)3/h4-8,10,14,23H,9,11-13H2,1-3H3. The Morgan fingerprint density at radius 3 is 2.78 bits per heavy atom. The molecule has 1 atom stereocenters. The van der Waals surface area contributed by atoms with Crippen molar-refractivity contribution in [1.29, 1.82) is 0 Å². The zero-order valence-corrected chi connectivity index (χ0v) is 14.2. The summed E-state index contributed by atoms with van der Waals surface area (Å²) in [7, 11) is 0. The van der Waals surface area contributed by atoms with Crippen molar-refractivity contribution in [2.24, 2.45) is 0 Å². The molecule has 0 aliphatic carbocycles. The molecule has 4 heteroatoms. The van der Waals surface area contributed by atoms with Crippen LogP contribution in [0.5, 0.6) is 0 Å². The molecule has 1 unspecified atom stereocenters. The van der Waals surface area contributed by atoms with Gasteiger partial charge in [-0.1, -0.05) is 38.1 Å². The van der Waals surface area contributed by atoms with Crippen molar-refractivity contribution in [3.05, 3.63) is 59.2 Å². The summed E-state index contributed by atoms with van der Waals surface area (Å²) in [5.74, 6) is 1.22. The van der Waals surface area contributed by atoms with Crippen molar-refractivity contribution < 1.29 is 5.11 Å². The Kier molecular flexibility index (Phi) is 4.46. The van der Waals surface area contributed by atoms with E-state index < -0.39 is 5.60 Å². The number of likely N-dealkylation sites (tertiary alicyclic amines) is 1. The molecule has 122 valence electrons. The summed E-state index contributed by atoms with van der Waals surface area (Å²) in [6, 6.07) is 10.1. The van der Waals surface area contributed by atoms with E-state index in [-0.39, 0.29) is 0 Å². The largest absolute Gasteiger partial charge is 0.384 e. The van der Waals surface area contributed by atoms with Gasteiger partial charge in [0.1, 0.15) is 11.4 Å². The Balaban J connectivity index is 1.73. The van der Waals surface area contributed by atoms with Gasteiger partial charge in [0.05, 0.1) is 5.69 Å². The van der Waals surface area contributed by atoms with E-state index in [1.165, 1.54) is 0 Å². The van der Waals surface area contributed by atoms with Crippen LogP contribution in [0.15, 0.2) is 36.5 Å². The van der Waals surface area contributed by atoms with Gasteiger partial charge in [-0.2, -0.15) is 0 Å². The van der Waals surface area contributed by atoms with Gasteiger partial charge in [-0.05, 0) is 30.5 Å². The number of aliphatic hydroxyl groups is 1. The van der Waals surface area contributed by atoms with E-state index in [2.05, 4.69) is 41.7 Å². The van der Waals surface area contributed by atoms with Gasteiger partial charge in [-0.25, -0.2) is 9.97 Å². The van der Waals surface area contributed by atoms with Crippen LogP contribution in [0, 0.1) is 6.92 Å². The predicted octanol–water partition coefficient (Wildman–Crippen LogP) is 3.00. The van der Waals surface area contributed by atoms with Crippen molar-refractivity contribution >= 4 is 0 Å². The Labute approximate surface area is 138 Å². The Hall–Kier alpha value is -1.78. The number of benzene rings is 1. The lowest BCUT2D eigenvalue weighted by Gasteiger charge is -2.25. The molecular weight excluding hydrogens is 286 g/mol.